The van der Waals surface area contributed by atoms with Crippen LogP contribution in [0.2, 0.25) is 0 Å². The lowest BCUT2D eigenvalue weighted by Gasteiger charge is -2.02. The lowest BCUT2D eigenvalue weighted by atomic mass is 10.3. The Morgan fingerprint density at radius 2 is 2.23 bits per heavy atom. The first-order valence-corrected chi connectivity index (χ1v) is 3.61. The molecule has 0 saturated heterocycles. The maximum Gasteiger partial charge on any atom is 0.334 e. The van der Waals surface area contributed by atoms with E-state index in [1.807, 2.05) is 5.48 Å². The third-order valence-electron chi connectivity index (χ3n) is 1.10. The number of ether oxygens (including phenoxy) is 1. The van der Waals surface area contributed by atoms with E-state index in [9.17, 15) is 9.59 Å². The Labute approximate surface area is 76.3 Å². The predicted molar refractivity (Wildman–Crippen MR) is 44.2 cm³/mol. The minimum Gasteiger partial charge on any atom is -0.467 e. The van der Waals surface area contributed by atoms with Gasteiger partial charge in [0, 0.05) is 12.8 Å². The van der Waals surface area contributed by atoms with E-state index in [4.69, 9.17) is 6.42 Å². The Morgan fingerprint density at radius 3 is 2.77 bits per heavy atom. The summed E-state index contributed by atoms with van der Waals surface area (Å²) in [7, 11) is 1.23. The van der Waals surface area contributed by atoms with Gasteiger partial charge in [-0.05, 0) is 0 Å². The first kappa shape index (κ1) is 11.5. The van der Waals surface area contributed by atoms with Crippen molar-refractivity contribution in [1.29, 1.82) is 0 Å². The molecule has 13 heavy (non-hydrogen) atoms. The molecule has 0 radical (unpaired) electrons. The van der Waals surface area contributed by atoms with Crippen molar-refractivity contribution in [2.24, 2.45) is 0 Å². The minimum atomic E-state index is -0.558. The molecule has 0 fully saturated rings. The molecule has 1 N–H and O–H groups in total. The van der Waals surface area contributed by atoms with Crippen LogP contribution < -0.4 is 5.48 Å². The number of nitrogens with one attached hydrogen (secondary N) is 1. The van der Waals surface area contributed by atoms with Crippen LogP contribution in [0.15, 0.2) is 0 Å². The van der Waals surface area contributed by atoms with Crippen LogP contribution in [0.4, 0.5) is 0 Å². The first-order chi connectivity index (χ1) is 6.20. The van der Waals surface area contributed by atoms with E-state index in [1.54, 1.807) is 0 Å². The second-order valence-corrected chi connectivity index (χ2v) is 2.09. The summed E-state index contributed by atoms with van der Waals surface area (Å²) in [5.74, 6) is 1.38. The highest BCUT2D eigenvalue weighted by molar-refractivity contribution is 5.75. The van der Waals surface area contributed by atoms with Crippen LogP contribution in [-0.4, -0.2) is 25.6 Å². The number of hydrogen-bond donors (Lipinski definition) is 1. The van der Waals surface area contributed by atoms with Crippen molar-refractivity contribution in [3.8, 4) is 12.3 Å². The monoisotopic (exact) mass is 185 g/mol. The van der Waals surface area contributed by atoms with Gasteiger partial charge in [0.05, 0.1) is 7.11 Å². The highest BCUT2D eigenvalue weighted by Crippen LogP contribution is 1.85. The molecule has 72 valence electrons. The second-order valence-electron chi connectivity index (χ2n) is 2.09. The zero-order valence-electron chi connectivity index (χ0n) is 7.33. The molecule has 1 amide bonds. The zero-order chi connectivity index (χ0) is 10.1. The molecule has 0 aromatic rings. The molecule has 0 spiro atoms. The number of amides is 1. The summed E-state index contributed by atoms with van der Waals surface area (Å²) in [5.41, 5.74) is 2.05. The Hall–Kier alpha value is -1.54. The van der Waals surface area contributed by atoms with Gasteiger partial charge in [-0.15, -0.1) is 12.3 Å². The van der Waals surface area contributed by atoms with E-state index in [0.29, 0.717) is 6.42 Å². The summed E-state index contributed by atoms with van der Waals surface area (Å²) in [6.07, 6.45) is 5.45. The van der Waals surface area contributed by atoms with Gasteiger partial charge < -0.3 is 4.74 Å². The molecule has 0 heterocycles. The Bertz CT molecular complexity index is 219. The van der Waals surface area contributed by atoms with E-state index >= 15 is 0 Å². The van der Waals surface area contributed by atoms with Crippen molar-refractivity contribution in [2.75, 3.05) is 13.7 Å². The quantitative estimate of drug-likeness (QED) is 0.360. The Morgan fingerprint density at radius 1 is 1.54 bits per heavy atom. The smallest absolute Gasteiger partial charge is 0.334 e. The molecule has 0 aromatic carbocycles. The van der Waals surface area contributed by atoms with Crippen LogP contribution in [0.1, 0.15) is 12.8 Å². The normalized spacial score (nSPS) is 8.62. The van der Waals surface area contributed by atoms with Gasteiger partial charge in [0.2, 0.25) is 5.91 Å². The fourth-order valence-electron chi connectivity index (χ4n) is 0.471. The summed E-state index contributed by atoms with van der Waals surface area (Å²) in [4.78, 5) is 25.8. The number of hydroxylamine groups is 1. The fourth-order valence-corrected chi connectivity index (χ4v) is 0.471. The van der Waals surface area contributed by atoms with E-state index in [1.165, 1.54) is 7.11 Å². The van der Waals surface area contributed by atoms with Crippen LogP contribution in [0, 0.1) is 12.3 Å². The van der Waals surface area contributed by atoms with Gasteiger partial charge in [-0.2, -0.15) is 0 Å². The second kappa shape index (κ2) is 7.13. The van der Waals surface area contributed by atoms with Crippen molar-refractivity contribution in [2.45, 2.75) is 12.8 Å². The van der Waals surface area contributed by atoms with E-state index in [0.717, 1.165) is 0 Å². The van der Waals surface area contributed by atoms with Gasteiger partial charge >= 0.3 is 5.97 Å². The SMILES string of the molecule is C#CCCC(=O)NOCC(=O)OC. The van der Waals surface area contributed by atoms with Gasteiger partial charge in [-0.25, -0.2) is 10.3 Å². The highest BCUT2D eigenvalue weighted by atomic mass is 16.7. The lowest BCUT2D eigenvalue weighted by Crippen LogP contribution is -2.26. The molecule has 0 saturated carbocycles. The van der Waals surface area contributed by atoms with Gasteiger partial charge in [0.15, 0.2) is 6.61 Å². The van der Waals surface area contributed by atoms with Gasteiger partial charge in [-0.1, -0.05) is 0 Å². The van der Waals surface area contributed by atoms with Gasteiger partial charge in [0.1, 0.15) is 0 Å². The summed E-state index contributed by atoms with van der Waals surface area (Å²) in [6.45, 7) is -0.307. The summed E-state index contributed by atoms with van der Waals surface area (Å²) >= 11 is 0. The molecule has 0 aliphatic rings. The van der Waals surface area contributed by atoms with E-state index < -0.39 is 5.97 Å². The number of methoxy groups -OCH3 is 1. The average molecular weight is 185 g/mol. The molecule has 5 nitrogen and oxygen atoms in total. The molecule has 0 aliphatic heterocycles. The van der Waals surface area contributed by atoms with E-state index in [-0.39, 0.29) is 18.9 Å². The summed E-state index contributed by atoms with van der Waals surface area (Å²) < 4.78 is 4.27. The van der Waals surface area contributed by atoms with Gasteiger partial charge in [-0.3, -0.25) is 9.63 Å². The van der Waals surface area contributed by atoms with Crippen LogP contribution >= 0.6 is 0 Å². The number of carbonyl (C=O) groups is 2. The van der Waals surface area contributed by atoms with Crippen molar-refractivity contribution >= 4 is 11.9 Å². The topological polar surface area (TPSA) is 64.6 Å². The molecule has 0 rings (SSSR count). The maximum absolute atomic E-state index is 10.8. The molecular weight excluding hydrogens is 174 g/mol. The maximum atomic E-state index is 10.8. The Balaban J connectivity index is 3.38. The predicted octanol–water partition coefficient (Wildman–Crippen LogP) is -0.379. The van der Waals surface area contributed by atoms with Crippen LogP contribution in [0.25, 0.3) is 0 Å². The van der Waals surface area contributed by atoms with Crippen molar-refractivity contribution < 1.29 is 19.2 Å². The Kier molecular flexibility index (Phi) is 6.28. The van der Waals surface area contributed by atoms with Crippen molar-refractivity contribution in [1.82, 2.24) is 5.48 Å². The van der Waals surface area contributed by atoms with Crippen LogP contribution in [0.3, 0.4) is 0 Å². The minimum absolute atomic E-state index is 0.178. The first-order valence-electron chi connectivity index (χ1n) is 3.61. The number of esters is 1. The summed E-state index contributed by atoms with van der Waals surface area (Å²) in [6, 6.07) is 0. The lowest BCUT2D eigenvalue weighted by molar-refractivity contribution is -0.152. The third kappa shape index (κ3) is 6.84. The molecule has 0 aromatic heterocycles. The van der Waals surface area contributed by atoms with Crippen LogP contribution in [0.5, 0.6) is 0 Å². The molecule has 0 aliphatic carbocycles. The molecule has 5 heteroatoms. The molecule has 0 bridgehead atoms. The van der Waals surface area contributed by atoms with Crippen molar-refractivity contribution in [3.05, 3.63) is 0 Å². The largest absolute Gasteiger partial charge is 0.467 e. The fraction of sp³-hybridized carbons (Fsp3) is 0.500. The van der Waals surface area contributed by atoms with Gasteiger partial charge in [0.25, 0.3) is 0 Å². The molecular formula is C8H11NO4. The third-order valence-corrected chi connectivity index (χ3v) is 1.10. The number of carbonyl (C=O) groups excluding carboxylic acids is 2. The number of rotatable bonds is 5. The zero-order valence-corrected chi connectivity index (χ0v) is 7.33. The average Bonchev–Trinajstić information content (AvgIpc) is 2.14. The van der Waals surface area contributed by atoms with E-state index in [2.05, 4.69) is 15.5 Å². The van der Waals surface area contributed by atoms with Crippen LogP contribution in [-0.2, 0) is 19.2 Å². The number of terminal acetylenes is 1. The standard InChI is InChI=1S/C8H11NO4/c1-3-4-5-7(10)9-13-6-8(11)12-2/h1H,4-6H2,2H3,(H,9,10). The molecule has 0 unspecified atom stereocenters. The highest BCUT2D eigenvalue weighted by Gasteiger charge is 2.02. The molecule has 0 atom stereocenters. The van der Waals surface area contributed by atoms with Crippen molar-refractivity contribution in [3.63, 3.8) is 0 Å². The number of hydrogen-bond acceptors (Lipinski definition) is 4. The summed E-state index contributed by atoms with van der Waals surface area (Å²) in [5, 5.41) is 0.